The van der Waals surface area contributed by atoms with Crippen molar-refractivity contribution in [3.05, 3.63) is 65.7 Å². The number of urea groups is 1. The van der Waals surface area contributed by atoms with Gasteiger partial charge in [0.15, 0.2) is 0 Å². The van der Waals surface area contributed by atoms with Crippen LogP contribution in [0.25, 0.3) is 0 Å². The zero-order chi connectivity index (χ0) is 14.4. The molecule has 0 atom stereocenters. The first kappa shape index (κ1) is 13.6. The van der Waals surface area contributed by atoms with E-state index in [1.807, 2.05) is 30.3 Å². The molecule has 2 aromatic rings. The molecule has 0 saturated heterocycles. The number of rotatable bonds is 3. The molecule has 0 radical (unpaired) electrons. The number of nitriles is 1. The van der Waals surface area contributed by atoms with Gasteiger partial charge in [-0.25, -0.2) is 4.79 Å². The highest BCUT2D eigenvalue weighted by Gasteiger charge is 2.13. The molecule has 0 aliphatic heterocycles. The van der Waals surface area contributed by atoms with Crippen LogP contribution in [0, 0.1) is 11.3 Å². The molecule has 20 heavy (non-hydrogen) atoms. The second-order valence-electron chi connectivity index (χ2n) is 4.33. The van der Waals surface area contributed by atoms with Crippen LogP contribution in [0.2, 0.25) is 0 Å². The molecule has 0 saturated carbocycles. The Hall–Kier alpha value is -2.80. The molecule has 2 aromatic carbocycles. The van der Waals surface area contributed by atoms with Gasteiger partial charge in [-0.2, -0.15) is 5.26 Å². The molecule has 4 nitrogen and oxygen atoms in total. The molecule has 0 fully saturated rings. The lowest BCUT2D eigenvalue weighted by molar-refractivity contribution is 0.247. The van der Waals surface area contributed by atoms with Gasteiger partial charge in [-0.05, 0) is 17.7 Å². The first-order valence-electron chi connectivity index (χ1n) is 6.27. The number of para-hydroxylation sites is 1. The van der Waals surface area contributed by atoms with Crippen LogP contribution in [0.5, 0.6) is 0 Å². The average Bonchev–Trinajstić information content (AvgIpc) is 2.52. The van der Waals surface area contributed by atoms with E-state index in [-0.39, 0.29) is 6.03 Å². The molecule has 4 heteroatoms. The predicted octanol–water partition coefficient (Wildman–Crippen LogP) is 2.90. The van der Waals surface area contributed by atoms with Crippen LogP contribution < -0.4 is 10.2 Å². The number of benzene rings is 2. The molecule has 0 bridgehead atoms. The minimum absolute atomic E-state index is 0.239. The fraction of sp³-hybridized carbons (Fsp3) is 0.125. The minimum Gasteiger partial charge on any atom is -0.334 e. The Kier molecular flexibility index (Phi) is 4.35. The molecule has 0 aromatic heterocycles. The molecule has 2 rings (SSSR count). The summed E-state index contributed by atoms with van der Waals surface area (Å²) in [5.74, 6) is 0. The van der Waals surface area contributed by atoms with Crippen LogP contribution in [0.4, 0.5) is 10.5 Å². The molecular weight excluding hydrogens is 250 g/mol. The molecule has 0 heterocycles. The highest BCUT2D eigenvalue weighted by Crippen LogP contribution is 2.18. The first-order chi connectivity index (χ1) is 9.72. The Morgan fingerprint density at radius 1 is 1.15 bits per heavy atom. The molecule has 2 amide bonds. The van der Waals surface area contributed by atoms with Crippen LogP contribution in [0.3, 0.4) is 0 Å². The lowest BCUT2D eigenvalue weighted by Gasteiger charge is -2.19. The van der Waals surface area contributed by atoms with Gasteiger partial charge in [0.1, 0.15) is 6.07 Å². The van der Waals surface area contributed by atoms with E-state index in [2.05, 4.69) is 11.4 Å². The Morgan fingerprint density at radius 3 is 2.50 bits per heavy atom. The summed E-state index contributed by atoms with van der Waals surface area (Å²) >= 11 is 0. The van der Waals surface area contributed by atoms with Gasteiger partial charge in [-0.15, -0.1) is 0 Å². The zero-order valence-electron chi connectivity index (χ0n) is 11.2. The quantitative estimate of drug-likeness (QED) is 0.927. The number of hydrogen-bond acceptors (Lipinski definition) is 2. The second-order valence-corrected chi connectivity index (χ2v) is 4.33. The molecule has 1 N–H and O–H groups in total. The summed E-state index contributed by atoms with van der Waals surface area (Å²) in [4.78, 5) is 13.5. The van der Waals surface area contributed by atoms with Crippen molar-refractivity contribution in [3.63, 3.8) is 0 Å². The van der Waals surface area contributed by atoms with E-state index >= 15 is 0 Å². The van der Waals surface area contributed by atoms with Gasteiger partial charge < -0.3 is 5.32 Å². The number of anilines is 1. The Morgan fingerprint density at radius 2 is 1.80 bits per heavy atom. The van der Waals surface area contributed by atoms with Crippen molar-refractivity contribution in [2.75, 3.05) is 11.9 Å². The Balaban J connectivity index is 2.04. The Bertz CT molecular complexity index is 632. The normalized spacial score (nSPS) is 9.60. The number of amides is 2. The maximum atomic E-state index is 12.1. The molecule has 0 aliphatic rings. The second kappa shape index (κ2) is 6.39. The maximum absolute atomic E-state index is 12.1. The summed E-state index contributed by atoms with van der Waals surface area (Å²) in [7, 11) is 1.65. The fourth-order valence-electron chi connectivity index (χ4n) is 1.86. The van der Waals surface area contributed by atoms with Crippen LogP contribution in [0.15, 0.2) is 54.6 Å². The lowest BCUT2D eigenvalue weighted by atomic mass is 10.2. The van der Waals surface area contributed by atoms with Crippen molar-refractivity contribution in [2.45, 2.75) is 6.54 Å². The Labute approximate surface area is 118 Å². The molecule has 0 aliphatic carbocycles. The maximum Gasteiger partial charge on any atom is 0.321 e. The topological polar surface area (TPSA) is 56.1 Å². The van der Waals surface area contributed by atoms with Crippen LogP contribution in [-0.2, 0) is 6.54 Å². The molecule has 0 spiro atoms. The fourth-order valence-corrected chi connectivity index (χ4v) is 1.86. The van der Waals surface area contributed by atoms with Crippen molar-refractivity contribution in [1.82, 2.24) is 5.32 Å². The van der Waals surface area contributed by atoms with Gasteiger partial charge in [0.2, 0.25) is 0 Å². The van der Waals surface area contributed by atoms with Gasteiger partial charge in [0.05, 0.1) is 11.3 Å². The van der Waals surface area contributed by atoms with Crippen molar-refractivity contribution in [2.24, 2.45) is 0 Å². The van der Waals surface area contributed by atoms with E-state index in [0.29, 0.717) is 17.8 Å². The van der Waals surface area contributed by atoms with Crippen molar-refractivity contribution < 1.29 is 4.79 Å². The first-order valence-corrected chi connectivity index (χ1v) is 6.27. The van der Waals surface area contributed by atoms with Crippen LogP contribution >= 0.6 is 0 Å². The summed E-state index contributed by atoms with van der Waals surface area (Å²) in [6.45, 7) is 0.457. The number of carbonyl (C=O) groups is 1. The summed E-state index contributed by atoms with van der Waals surface area (Å²) in [5, 5.41) is 11.9. The summed E-state index contributed by atoms with van der Waals surface area (Å²) in [6, 6.07) is 18.5. The van der Waals surface area contributed by atoms with Crippen molar-refractivity contribution in [1.29, 1.82) is 5.26 Å². The smallest absolute Gasteiger partial charge is 0.321 e. The van der Waals surface area contributed by atoms with E-state index in [9.17, 15) is 4.79 Å². The van der Waals surface area contributed by atoms with Gasteiger partial charge in [-0.3, -0.25) is 4.90 Å². The van der Waals surface area contributed by atoms with E-state index in [1.54, 1.807) is 31.3 Å². The lowest BCUT2D eigenvalue weighted by Crippen LogP contribution is -2.37. The standard InChI is InChI=1S/C16H15N3O/c1-19(15-10-6-5-9-14(15)11-17)16(20)18-12-13-7-3-2-4-8-13/h2-10H,12H2,1H3,(H,18,20). The number of hydrogen-bond donors (Lipinski definition) is 1. The van der Waals surface area contributed by atoms with E-state index in [0.717, 1.165) is 5.56 Å². The third-order valence-electron chi connectivity index (χ3n) is 2.98. The van der Waals surface area contributed by atoms with Gasteiger partial charge in [0.25, 0.3) is 0 Å². The third kappa shape index (κ3) is 3.15. The molecule has 0 unspecified atom stereocenters. The predicted molar refractivity (Wildman–Crippen MR) is 78.2 cm³/mol. The highest BCUT2D eigenvalue weighted by molar-refractivity contribution is 5.92. The largest absolute Gasteiger partial charge is 0.334 e. The number of nitrogens with zero attached hydrogens (tertiary/aromatic N) is 2. The van der Waals surface area contributed by atoms with Crippen LogP contribution in [-0.4, -0.2) is 13.1 Å². The van der Waals surface area contributed by atoms with E-state index in [1.165, 1.54) is 4.90 Å². The van der Waals surface area contributed by atoms with Gasteiger partial charge in [0, 0.05) is 13.6 Å². The third-order valence-corrected chi connectivity index (χ3v) is 2.98. The average molecular weight is 265 g/mol. The molecular formula is C16H15N3O. The summed E-state index contributed by atoms with van der Waals surface area (Å²) < 4.78 is 0. The van der Waals surface area contributed by atoms with Crippen LogP contribution in [0.1, 0.15) is 11.1 Å². The number of nitrogens with one attached hydrogen (secondary N) is 1. The van der Waals surface area contributed by atoms with Crippen molar-refractivity contribution in [3.8, 4) is 6.07 Å². The molecule has 100 valence electrons. The van der Waals surface area contributed by atoms with Gasteiger partial charge >= 0.3 is 6.03 Å². The monoisotopic (exact) mass is 265 g/mol. The number of carbonyl (C=O) groups excluding carboxylic acids is 1. The minimum atomic E-state index is -0.239. The van der Waals surface area contributed by atoms with E-state index in [4.69, 9.17) is 5.26 Å². The van der Waals surface area contributed by atoms with E-state index < -0.39 is 0 Å². The summed E-state index contributed by atoms with van der Waals surface area (Å²) in [6.07, 6.45) is 0. The van der Waals surface area contributed by atoms with Gasteiger partial charge in [-0.1, -0.05) is 42.5 Å². The zero-order valence-corrected chi connectivity index (χ0v) is 11.2. The highest BCUT2D eigenvalue weighted by atomic mass is 16.2. The SMILES string of the molecule is CN(C(=O)NCc1ccccc1)c1ccccc1C#N. The van der Waals surface area contributed by atoms with Crippen molar-refractivity contribution >= 4 is 11.7 Å². The summed E-state index contributed by atoms with van der Waals surface area (Å²) in [5.41, 5.74) is 2.10.